The van der Waals surface area contributed by atoms with Crippen LogP contribution >= 0.6 is 0 Å². The van der Waals surface area contributed by atoms with Crippen molar-refractivity contribution in [2.75, 3.05) is 5.32 Å². The number of carbonyl (C=O) groups excluding carboxylic acids is 1. The first kappa shape index (κ1) is 22.5. The van der Waals surface area contributed by atoms with E-state index in [1.54, 1.807) is 37.2 Å². The molecule has 0 aromatic carbocycles. The molecule has 0 fully saturated rings. The van der Waals surface area contributed by atoms with Crippen LogP contribution in [0.1, 0.15) is 20.3 Å². The molecule has 1 amide bonds. The van der Waals surface area contributed by atoms with Gasteiger partial charge in [-0.3, -0.25) is 24.8 Å². The van der Waals surface area contributed by atoms with Crippen molar-refractivity contribution in [2.45, 2.75) is 20.3 Å². The molecule has 0 bridgehead atoms. The van der Waals surface area contributed by atoms with Gasteiger partial charge in [0.25, 0.3) is 0 Å². The third kappa shape index (κ3) is 4.40. The molecule has 6 aromatic rings. The lowest BCUT2D eigenvalue weighted by atomic mass is 10.1. The van der Waals surface area contributed by atoms with Crippen LogP contribution in [0.25, 0.3) is 56.0 Å². The van der Waals surface area contributed by atoms with Gasteiger partial charge in [0.2, 0.25) is 5.91 Å². The average Bonchev–Trinajstić information content (AvgIpc) is 3.52. The standard InChI is InChI=1S/C27H23N9O/c1-15(2)9-22(37)32-19-10-17(12-29-14-19)18-11-20-24(35-36-26(20)31-13-18)27-33-21-5-8-30-23(25(21)34-27)16-3-6-28-7-4-16/h3-8,10-15H,9H2,1-2H3,(H,32,37)(H,33,34)(H,31,35,36). The Labute approximate surface area is 211 Å². The Balaban J connectivity index is 1.38. The number of nitrogens with one attached hydrogen (secondary N) is 3. The van der Waals surface area contributed by atoms with Crippen molar-refractivity contribution in [2.24, 2.45) is 5.92 Å². The van der Waals surface area contributed by atoms with Crippen molar-refractivity contribution < 1.29 is 4.79 Å². The summed E-state index contributed by atoms with van der Waals surface area (Å²) in [7, 11) is 0. The smallest absolute Gasteiger partial charge is 0.224 e. The van der Waals surface area contributed by atoms with Crippen LogP contribution in [0.4, 0.5) is 5.69 Å². The number of nitrogens with zero attached hydrogens (tertiary/aromatic N) is 6. The van der Waals surface area contributed by atoms with Gasteiger partial charge in [-0.2, -0.15) is 5.10 Å². The molecule has 6 aromatic heterocycles. The average molecular weight is 490 g/mol. The SMILES string of the molecule is CC(C)CC(=O)Nc1cncc(-c2cnc3[nH]nc(-c4nc5c(-c6ccncc6)nccc5[nH]4)c3c2)c1. The predicted octanol–water partition coefficient (Wildman–Crippen LogP) is 5.00. The minimum absolute atomic E-state index is 0.0369. The van der Waals surface area contributed by atoms with Gasteiger partial charge >= 0.3 is 0 Å². The highest BCUT2D eigenvalue weighted by Crippen LogP contribution is 2.31. The number of hydrogen-bond donors (Lipinski definition) is 3. The summed E-state index contributed by atoms with van der Waals surface area (Å²) in [6, 6.07) is 9.59. The van der Waals surface area contributed by atoms with Crippen LogP contribution in [0.2, 0.25) is 0 Å². The number of rotatable bonds is 6. The number of carbonyl (C=O) groups is 1. The number of aromatic nitrogens is 8. The van der Waals surface area contributed by atoms with E-state index in [9.17, 15) is 4.79 Å². The van der Waals surface area contributed by atoms with Gasteiger partial charge in [0, 0.05) is 54.1 Å². The van der Waals surface area contributed by atoms with E-state index in [4.69, 9.17) is 4.98 Å². The Morgan fingerprint density at radius 2 is 1.76 bits per heavy atom. The molecule has 0 saturated heterocycles. The molecule has 0 aliphatic rings. The fourth-order valence-corrected chi connectivity index (χ4v) is 4.26. The summed E-state index contributed by atoms with van der Waals surface area (Å²) in [4.78, 5) is 37.9. The maximum absolute atomic E-state index is 12.2. The van der Waals surface area contributed by atoms with Crippen LogP contribution in [0, 0.1) is 5.92 Å². The summed E-state index contributed by atoms with van der Waals surface area (Å²) in [6.07, 6.45) is 10.8. The molecule has 0 unspecified atom stereocenters. The third-order valence-electron chi connectivity index (χ3n) is 5.94. The summed E-state index contributed by atoms with van der Waals surface area (Å²) in [6.45, 7) is 4.02. The highest BCUT2D eigenvalue weighted by molar-refractivity contribution is 5.96. The third-order valence-corrected chi connectivity index (χ3v) is 5.94. The van der Waals surface area contributed by atoms with Gasteiger partial charge in [-0.05, 0) is 36.2 Å². The molecule has 10 heteroatoms. The fourth-order valence-electron chi connectivity index (χ4n) is 4.26. The zero-order valence-corrected chi connectivity index (χ0v) is 20.2. The van der Waals surface area contributed by atoms with Crippen LogP contribution in [0.15, 0.2) is 67.5 Å². The Hall–Kier alpha value is -4.99. The van der Waals surface area contributed by atoms with Gasteiger partial charge in [-0.25, -0.2) is 9.97 Å². The number of fused-ring (bicyclic) bond motifs is 2. The highest BCUT2D eigenvalue weighted by atomic mass is 16.1. The second kappa shape index (κ2) is 9.23. The van der Waals surface area contributed by atoms with E-state index in [0.717, 1.165) is 38.8 Å². The van der Waals surface area contributed by atoms with Crippen LogP contribution < -0.4 is 5.32 Å². The van der Waals surface area contributed by atoms with E-state index in [2.05, 4.69) is 40.4 Å². The summed E-state index contributed by atoms with van der Waals surface area (Å²) in [5, 5.41) is 11.2. The monoisotopic (exact) mass is 489 g/mol. The van der Waals surface area contributed by atoms with Crippen LogP contribution in [0.3, 0.4) is 0 Å². The topological polar surface area (TPSA) is 138 Å². The Bertz CT molecular complexity index is 1740. The Morgan fingerprint density at radius 1 is 0.919 bits per heavy atom. The van der Waals surface area contributed by atoms with Gasteiger partial charge in [-0.1, -0.05) is 13.8 Å². The molecule has 182 valence electrons. The summed E-state index contributed by atoms with van der Waals surface area (Å²) >= 11 is 0. The van der Waals surface area contributed by atoms with Crippen molar-refractivity contribution in [3.05, 3.63) is 67.5 Å². The molecule has 10 nitrogen and oxygen atoms in total. The number of amides is 1. The van der Waals surface area contributed by atoms with Crippen molar-refractivity contribution in [1.82, 2.24) is 40.1 Å². The van der Waals surface area contributed by atoms with E-state index in [0.29, 0.717) is 29.3 Å². The first-order valence-corrected chi connectivity index (χ1v) is 11.9. The molecule has 0 saturated carbocycles. The lowest BCUT2D eigenvalue weighted by Gasteiger charge is -2.08. The number of H-pyrrole nitrogens is 2. The van der Waals surface area contributed by atoms with Gasteiger partial charge in [0.1, 0.15) is 11.2 Å². The number of pyridine rings is 4. The van der Waals surface area contributed by atoms with E-state index in [1.807, 2.05) is 44.2 Å². The lowest BCUT2D eigenvalue weighted by Crippen LogP contribution is -2.13. The zero-order valence-electron chi connectivity index (χ0n) is 20.2. The van der Waals surface area contributed by atoms with Crippen molar-refractivity contribution >= 4 is 33.7 Å². The molecule has 3 N–H and O–H groups in total. The van der Waals surface area contributed by atoms with Crippen LogP contribution in [-0.2, 0) is 4.79 Å². The number of imidazole rings is 1. The molecular formula is C27H23N9O. The molecule has 0 aliphatic carbocycles. The van der Waals surface area contributed by atoms with Crippen molar-refractivity contribution in [3.63, 3.8) is 0 Å². The fraction of sp³-hybridized carbons (Fsp3) is 0.148. The molecule has 37 heavy (non-hydrogen) atoms. The Morgan fingerprint density at radius 3 is 2.59 bits per heavy atom. The predicted molar refractivity (Wildman–Crippen MR) is 141 cm³/mol. The van der Waals surface area contributed by atoms with Gasteiger partial charge in [0.05, 0.1) is 28.5 Å². The lowest BCUT2D eigenvalue weighted by molar-refractivity contribution is -0.116. The summed E-state index contributed by atoms with van der Waals surface area (Å²) < 4.78 is 0. The highest BCUT2D eigenvalue weighted by Gasteiger charge is 2.17. The normalized spacial score (nSPS) is 11.4. The molecule has 6 heterocycles. The second-order valence-corrected chi connectivity index (χ2v) is 9.18. The molecule has 0 radical (unpaired) electrons. The zero-order chi connectivity index (χ0) is 25.4. The van der Waals surface area contributed by atoms with E-state index in [-0.39, 0.29) is 11.8 Å². The Kier molecular flexibility index (Phi) is 5.61. The van der Waals surface area contributed by atoms with Gasteiger partial charge in [-0.15, -0.1) is 0 Å². The molecule has 0 atom stereocenters. The van der Waals surface area contributed by atoms with Crippen molar-refractivity contribution in [3.8, 4) is 33.9 Å². The quantitative estimate of drug-likeness (QED) is 0.299. The van der Waals surface area contributed by atoms with Crippen LogP contribution in [-0.4, -0.2) is 46.0 Å². The maximum atomic E-state index is 12.2. The number of hydrogen-bond acceptors (Lipinski definition) is 7. The second-order valence-electron chi connectivity index (χ2n) is 9.18. The maximum Gasteiger partial charge on any atom is 0.224 e. The molecule has 0 spiro atoms. The first-order chi connectivity index (χ1) is 18.0. The van der Waals surface area contributed by atoms with Crippen LogP contribution in [0.5, 0.6) is 0 Å². The molecule has 0 aliphatic heterocycles. The van der Waals surface area contributed by atoms with Gasteiger partial charge in [0.15, 0.2) is 11.5 Å². The van der Waals surface area contributed by atoms with Gasteiger partial charge < -0.3 is 10.3 Å². The van der Waals surface area contributed by atoms with E-state index < -0.39 is 0 Å². The summed E-state index contributed by atoms with van der Waals surface area (Å²) in [5.41, 5.74) is 6.91. The number of anilines is 1. The minimum Gasteiger partial charge on any atom is -0.336 e. The molecular weight excluding hydrogens is 466 g/mol. The van der Waals surface area contributed by atoms with E-state index >= 15 is 0 Å². The van der Waals surface area contributed by atoms with Crippen molar-refractivity contribution in [1.29, 1.82) is 0 Å². The summed E-state index contributed by atoms with van der Waals surface area (Å²) in [5.74, 6) is 0.846. The largest absolute Gasteiger partial charge is 0.336 e. The molecule has 6 rings (SSSR count). The first-order valence-electron chi connectivity index (χ1n) is 11.9. The van der Waals surface area contributed by atoms with E-state index in [1.165, 1.54) is 0 Å². The number of aromatic amines is 2. The minimum atomic E-state index is -0.0369.